The molecule has 64 valence electrons. The third-order valence-electron chi connectivity index (χ3n) is 3.16. The summed E-state index contributed by atoms with van der Waals surface area (Å²) >= 11 is 3.42. The molecule has 2 saturated carbocycles. The summed E-state index contributed by atoms with van der Waals surface area (Å²) in [5, 5.41) is 4.32. The highest BCUT2D eigenvalue weighted by Crippen LogP contribution is 2.55. The van der Waals surface area contributed by atoms with Crippen LogP contribution in [0, 0.1) is 11.8 Å². The second-order valence-corrected chi connectivity index (χ2v) is 4.94. The van der Waals surface area contributed by atoms with Crippen LogP contribution in [0.25, 0.3) is 0 Å². The van der Waals surface area contributed by atoms with Crippen LogP contribution in [0.5, 0.6) is 0 Å². The summed E-state index contributed by atoms with van der Waals surface area (Å²) in [5.74, 6) is 2.08. The zero-order chi connectivity index (χ0) is 8.13. The number of aromatic nitrogens is 2. The number of halogens is 1. The Morgan fingerprint density at radius 1 is 1.33 bits per heavy atom. The topological polar surface area (TPSA) is 17.8 Å². The molecule has 1 aromatic heterocycles. The highest BCUT2D eigenvalue weighted by molar-refractivity contribution is 9.10. The molecule has 0 bridgehead atoms. The molecule has 1 heterocycles. The predicted molar refractivity (Wildman–Crippen MR) is 49.8 cm³/mol. The lowest BCUT2D eigenvalue weighted by Gasteiger charge is -2.11. The lowest BCUT2D eigenvalue weighted by atomic mass is 10.2. The minimum atomic E-state index is 0.694. The quantitative estimate of drug-likeness (QED) is 0.721. The van der Waals surface area contributed by atoms with Gasteiger partial charge in [-0.3, -0.25) is 4.68 Å². The number of rotatable bonds is 1. The SMILES string of the molecule is Brc1cnn(C2CC3C[C@H]3C2)c1. The average molecular weight is 227 g/mol. The molecule has 3 heteroatoms. The van der Waals surface area contributed by atoms with Gasteiger partial charge in [-0.25, -0.2) is 0 Å². The molecule has 3 atom stereocenters. The first-order valence-corrected chi connectivity index (χ1v) is 5.32. The van der Waals surface area contributed by atoms with Gasteiger partial charge in [0.15, 0.2) is 0 Å². The van der Waals surface area contributed by atoms with Gasteiger partial charge in [0.25, 0.3) is 0 Å². The maximum atomic E-state index is 4.32. The second-order valence-electron chi connectivity index (χ2n) is 4.02. The predicted octanol–water partition coefficient (Wildman–Crippen LogP) is 2.62. The van der Waals surface area contributed by atoms with E-state index in [0.717, 1.165) is 16.3 Å². The summed E-state index contributed by atoms with van der Waals surface area (Å²) in [5.41, 5.74) is 0. The largest absolute Gasteiger partial charge is 0.269 e. The number of hydrogen-bond donors (Lipinski definition) is 0. The highest BCUT2D eigenvalue weighted by Gasteiger charge is 2.46. The second kappa shape index (κ2) is 2.34. The van der Waals surface area contributed by atoms with E-state index in [2.05, 4.69) is 31.9 Å². The summed E-state index contributed by atoms with van der Waals surface area (Å²) in [4.78, 5) is 0. The van der Waals surface area contributed by atoms with Crippen molar-refractivity contribution in [2.24, 2.45) is 11.8 Å². The molecule has 2 fully saturated rings. The van der Waals surface area contributed by atoms with Gasteiger partial charge in [0.1, 0.15) is 0 Å². The van der Waals surface area contributed by atoms with Gasteiger partial charge >= 0.3 is 0 Å². The molecule has 0 amide bonds. The van der Waals surface area contributed by atoms with Crippen LogP contribution in [0.2, 0.25) is 0 Å². The van der Waals surface area contributed by atoms with Crippen molar-refractivity contribution in [3.8, 4) is 0 Å². The van der Waals surface area contributed by atoms with Gasteiger partial charge in [-0.2, -0.15) is 5.10 Å². The molecule has 12 heavy (non-hydrogen) atoms. The normalized spacial score (nSPS) is 38.2. The van der Waals surface area contributed by atoms with Crippen molar-refractivity contribution in [3.05, 3.63) is 16.9 Å². The van der Waals surface area contributed by atoms with Crippen LogP contribution in [0.3, 0.4) is 0 Å². The molecule has 0 aromatic carbocycles. The van der Waals surface area contributed by atoms with Crippen molar-refractivity contribution >= 4 is 15.9 Å². The lowest BCUT2D eigenvalue weighted by Crippen LogP contribution is -2.06. The van der Waals surface area contributed by atoms with Crippen LogP contribution in [0.15, 0.2) is 16.9 Å². The Hall–Kier alpha value is -0.310. The Morgan fingerprint density at radius 3 is 2.67 bits per heavy atom. The third-order valence-corrected chi connectivity index (χ3v) is 3.57. The average Bonchev–Trinajstić information content (AvgIpc) is 2.49. The molecule has 2 unspecified atom stereocenters. The van der Waals surface area contributed by atoms with E-state index in [1.165, 1.54) is 19.3 Å². The summed E-state index contributed by atoms with van der Waals surface area (Å²) < 4.78 is 3.22. The zero-order valence-corrected chi connectivity index (χ0v) is 8.37. The number of fused-ring (bicyclic) bond motifs is 1. The number of nitrogens with zero attached hydrogens (tertiary/aromatic N) is 2. The van der Waals surface area contributed by atoms with Crippen LogP contribution in [-0.2, 0) is 0 Å². The van der Waals surface area contributed by atoms with Crippen molar-refractivity contribution < 1.29 is 0 Å². The Bertz CT molecular complexity index is 297. The Balaban J connectivity index is 1.81. The van der Waals surface area contributed by atoms with Crippen molar-refractivity contribution in [2.75, 3.05) is 0 Å². The van der Waals surface area contributed by atoms with Gasteiger partial charge in [0.05, 0.1) is 16.7 Å². The smallest absolute Gasteiger partial charge is 0.0632 e. The Morgan fingerprint density at radius 2 is 2.08 bits per heavy atom. The van der Waals surface area contributed by atoms with E-state index in [9.17, 15) is 0 Å². The third kappa shape index (κ3) is 1.03. The van der Waals surface area contributed by atoms with Crippen molar-refractivity contribution in [2.45, 2.75) is 25.3 Å². The minimum Gasteiger partial charge on any atom is -0.269 e. The summed E-state index contributed by atoms with van der Waals surface area (Å²) in [6.07, 6.45) is 8.18. The molecule has 0 N–H and O–H groups in total. The van der Waals surface area contributed by atoms with Crippen molar-refractivity contribution in [1.82, 2.24) is 9.78 Å². The van der Waals surface area contributed by atoms with Gasteiger partial charge in [-0.15, -0.1) is 0 Å². The van der Waals surface area contributed by atoms with Crippen molar-refractivity contribution in [1.29, 1.82) is 0 Å². The fraction of sp³-hybridized carbons (Fsp3) is 0.667. The van der Waals surface area contributed by atoms with E-state index in [4.69, 9.17) is 0 Å². The zero-order valence-electron chi connectivity index (χ0n) is 6.78. The van der Waals surface area contributed by atoms with Crippen LogP contribution in [-0.4, -0.2) is 9.78 Å². The first-order chi connectivity index (χ1) is 5.83. The monoisotopic (exact) mass is 226 g/mol. The maximum Gasteiger partial charge on any atom is 0.0632 e. The van der Waals surface area contributed by atoms with Crippen LogP contribution in [0.4, 0.5) is 0 Å². The molecule has 1 aromatic rings. The first-order valence-electron chi connectivity index (χ1n) is 4.52. The van der Waals surface area contributed by atoms with Gasteiger partial charge in [-0.1, -0.05) is 0 Å². The van der Waals surface area contributed by atoms with E-state index < -0.39 is 0 Å². The first kappa shape index (κ1) is 7.13. The summed E-state index contributed by atoms with van der Waals surface area (Å²) in [7, 11) is 0. The molecule has 3 rings (SSSR count). The van der Waals surface area contributed by atoms with Crippen LogP contribution < -0.4 is 0 Å². The Kier molecular flexibility index (Phi) is 1.39. The van der Waals surface area contributed by atoms with Gasteiger partial charge in [0, 0.05) is 6.20 Å². The van der Waals surface area contributed by atoms with Crippen LogP contribution in [0.1, 0.15) is 25.3 Å². The fourth-order valence-electron chi connectivity index (χ4n) is 2.41. The molecule has 2 aliphatic rings. The minimum absolute atomic E-state index is 0.694. The maximum absolute atomic E-state index is 4.32. The summed E-state index contributed by atoms with van der Waals surface area (Å²) in [6.45, 7) is 0. The van der Waals surface area contributed by atoms with Gasteiger partial charge in [-0.05, 0) is 47.0 Å². The van der Waals surface area contributed by atoms with Crippen LogP contribution >= 0.6 is 15.9 Å². The molecular weight excluding hydrogens is 216 g/mol. The van der Waals surface area contributed by atoms with E-state index in [0.29, 0.717) is 6.04 Å². The van der Waals surface area contributed by atoms with E-state index in [1.807, 2.05) is 6.20 Å². The molecule has 0 radical (unpaired) electrons. The van der Waals surface area contributed by atoms with E-state index in [-0.39, 0.29) is 0 Å². The standard InChI is InChI=1S/C9H11BrN2/c10-8-4-11-12(5-8)9-2-6-1-7(6)3-9/h4-7,9H,1-3H2/t6-,7?,9?/m0/s1. The molecule has 0 saturated heterocycles. The van der Waals surface area contributed by atoms with E-state index >= 15 is 0 Å². The fourth-order valence-corrected chi connectivity index (χ4v) is 2.71. The molecular formula is C9H11BrN2. The molecule has 0 spiro atoms. The van der Waals surface area contributed by atoms with Gasteiger partial charge in [0.2, 0.25) is 0 Å². The lowest BCUT2D eigenvalue weighted by molar-refractivity contribution is 0.426. The van der Waals surface area contributed by atoms with Crippen molar-refractivity contribution in [3.63, 3.8) is 0 Å². The molecule has 0 aliphatic heterocycles. The summed E-state index contributed by atoms with van der Waals surface area (Å²) in [6, 6.07) is 0.694. The van der Waals surface area contributed by atoms with Gasteiger partial charge < -0.3 is 0 Å². The number of hydrogen-bond acceptors (Lipinski definition) is 1. The molecule has 2 aliphatic carbocycles. The van der Waals surface area contributed by atoms with E-state index in [1.54, 1.807) is 0 Å². The highest BCUT2D eigenvalue weighted by atomic mass is 79.9. The Labute approximate surface area is 80.1 Å². The molecule has 2 nitrogen and oxygen atoms in total.